The monoisotopic (exact) mass is 457 g/mol. The lowest BCUT2D eigenvalue weighted by molar-refractivity contribution is -0.137. The van der Waals surface area contributed by atoms with Gasteiger partial charge in [0.2, 0.25) is 18.4 Å². The molecule has 0 saturated carbocycles. The van der Waals surface area contributed by atoms with Crippen molar-refractivity contribution < 1.29 is 33.7 Å². The normalized spacial score (nSPS) is 12.4. The Morgan fingerprint density at radius 3 is 2.70 bits per heavy atom. The van der Waals surface area contributed by atoms with Gasteiger partial charge in [0, 0.05) is 5.56 Å². The van der Waals surface area contributed by atoms with Crippen LogP contribution in [0, 0.1) is 0 Å². The molecule has 1 atom stereocenters. The fourth-order valence-electron chi connectivity index (χ4n) is 3.15. The van der Waals surface area contributed by atoms with Crippen molar-refractivity contribution in [1.82, 2.24) is 10.6 Å². The number of carboxylic acids is 1. The molecule has 1 aliphatic heterocycles. The van der Waals surface area contributed by atoms with Crippen molar-refractivity contribution in [2.24, 2.45) is 16.5 Å². The Morgan fingerprint density at radius 1 is 1.21 bits per heavy atom. The predicted octanol–water partition coefficient (Wildman–Crippen LogP) is 0.391. The van der Waals surface area contributed by atoms with Gasteiger partial charge in [-0.25, -0.2) is 4.99 Å². The third-order valence-corrected chi connectivity index (χ3v) is 4.57. The number of carbonyl (C=O) groups excluding carboxylic acids is 2. The van der Waals surface area contributed by atoms with Gasteiger partial charge in [0.25, 0.3) is 5.91 Å². The number of hydrogen-bond acceptors (Lipinski definition) is 7. The summed E-state index contributed by atoms with van der Waals surface area (Å²) in [6.45, 7) is -0.384. The van der Waals surface area contributed by atoms with Crippen molar-refractivity contribution in [2.45, 2.75) is 12.5 Å². The van der Waals surface area contributed by atoms with Gasteiger partial charge in [-0.3, -0.25) is 14.4 Å². The first-order valence-electron chi connectivity index (χ1n) is 9.73. The zero-order chi connectivity index (χ0) is 24.0. The first-order chi connectivity index (χ1) is 15.8. The number of hydrogen-bond donors (Lipinski definition) is 5. The first kappa shape index (κ1) is 23.2. The Labute approximate surface area is 188 Å². The molecule has 7 N–H and O–H groups in total. The zero-order valence-corrected chi connectivity index (χ0v) is 17.7. The molecule has 0 aromatic heterocycles. The van der Waals surface area contributed by atoms with Crippen molar-refractivity contribution in [1.29, 1.82) is 0 Å². The Morgan fingerprint density at radius 2 is 2.00 bits per heavy atom. The van der Waals surface area contributed by atoms with Crippen LogP contribution in [0.1, 0.15) is 28.4 Å². The lowest BCUT2D eigenvalue weighted by Gasteiger charge is -2.19. The highest BCUT2D eigenvalue weighted by molar-refractivity contribution is 5.97. The van der Waals surface area contributed by atoms with E-state index in [1.807, 2.05) is 0 Å². The number of aliphatic imine (C=N–C) groups is 1. The van der Waals surface area contributed by atoms with Crippen molar-refractivity contribution in [3.63, 3.8) is 0 Å². The summed E-state index contributed by atoms with van der Waals surface area (Å²) in [5.41, 5.74) is 11.7. The number of nitrogens with two attached hydrogens (primary N) is 2. The van der Waals surface area contributed by atoms with Gasteiger partial charge in [-0.05, 0) is 35.9 Å². The molecule has 0 fully saturated rings. The maximum absolute atomic E-state index is 12.5. The van der Waals surface area contributed by atoms with Gasteiger partial charge in [0.05, 0.1) is 31.8 Å². The fraction of sp³-hybridized carbons (Fsp3) is 0.238. The van der Waals surface area contributed by atoms with Crippen LogP contribution in [0.5, 0.6) is 17.2 Å². The van der Waals surface area contributed by atoms with Crippen molar-refractivity contribution in [2.75, 3.05) is 20.4 Å². The number of amides is 2. The first-order valence-corrected chi connectivity index (χ1v) is 9.73. The Balaban J connectivity index is 1.68. The van der Waals surface area contributed by atoms with Crippen LogP contribution in [0.15, 0.2) is 41.4 Å². The van der Waals surface area contributed by atoms with E-state index in [0.29, 0.717) is 28.5 Å². The maximum atomic E-state index is 12.5. The summed E-state index contributed by atoms with van der Waals surface area (Å²) < 4.78 is 16.0. The Hall–Kier alpha value is -4.48. The van der Waals surface area contributed by atoms with Crippen molar-refractivity contribution in [3.05, 3.63) is 47.5 Å². The molecule has 174 valence electrons. The molecule has 3 rings (SSSR count). The Kier molecular flexibility index (Phi) is 7.18. The summed E-state index contributed by atoms with van der Waals surface area (Å²) >= 11 is 0. The number of guanidine groups is 1. The van der Waals surface area contributed by atoms with Crippen LogP contribution in [0.2, 0.25) is 0 Å². The van der Waals surface area contributed by atoms with Crippen molar-refractivity contribution in [3.8, 4) is 17.2 Å². The molecule has 0 saturated heterocycles. The average Bonchev–Trinajstić information content (AvgIpc) is 3.24. The number of ether oxygens (including phenoxy) is 3. The minimum atomic E-state index is -1.13. The number of aliphatic carboxylic acids is 1. The lowest BCUT2D eigenvalue weighted by atomic mass is 10.0. The van der Waals surface area contributed by atoms with E-state index in [-0.39, 0.29) is 24.9 Å². The third kappa shape index (κ3) is 6.03. The highest BCUT2D eigenvalue weighted by atomic mass is 16.7. The minimum absolute atomic E-state index is 0.00151. The molecule has 33 heavy (non-hydrogen) atoms. The van der Waals surface area contributed by atoms with E-state index in [4.69, 9.17) is 25.7 Å². The van der Waals surface area contributed by atoms with Crippen LogP contribution >= 0.6 is 0 Å². The number of methoxy groups -OCH3 is 1. The standard InChI is InChI=1S/C21H23N5O7/c1-31-15-6-12(7-16-19(15)33-10-32-16)14(8-18(28)29)26-17(27)9-24-20(30)11-3-2-4-13(5-11)25-21(22)23/h2-7,14H,8-10H2,1H3,(H,24,30)(H,26,27)(H,28,29)(H4,22,23,25). The summed E-state index contributed by atoms with van der Waals surface area (Å²) in [4.78, 5) is 40.1. The van der Waals surface area contributed by atoms with Crippen LogP contribution < -0.4 is 36.3 Å². The van der Waals surface area contributed by atoms with E-state index in [2.05, 4.69) is 15.6 Å². The van der Waals surface area contributed by atoms with E-state index >= 15 is 0 Å². The molecule has 12 nitrogen and oxygen atoms in total. The van der Waals surface area contributed by atoms with Crippen LogP contribution in [-0.2, 0) is 9.59 Å². The second kappa shape index (κ2) is 10.2. The quantitative estimate of drug-likeness (QED) is 0.262. The minimum Gasteiger partial charge on any atom is -0.493 e. The number of benzene rings is 2. The molecule has 12 heteroatoms. The van der Waals surface area contributed by atoms with E-state index in [9.17, 15) is 19.5 Å². The van der Waals surface area contributed by atoms with E-state index < -0.39 is 30.2 Å². The fourth-order valence-corrected chi connectivity index (χ4v) is 3.15. The number of nitrogens with zero attached hydrogens (tertiary/aromatic N) is 1. The smallest absolute Gasteiger partial charge is 0.305 e. The molecule has 2 aromatic rings. The van der Waals surface area contributed by atoms with Gasteiger partial charge in [-0.15, -0.1) is 0 Å². The number of carboxylic acid groups (broad SMARTS) is 1. The van der Waals surface area contributed by atoms with Crippen LogP contribution in [0.4, 0.5) is 5.69 Å². The second-order valence-electron chi connectivity index (χ2n) is 6.94. The third-order valence-electron chi connectivity index (χ3n) is 4.57. The SMILES string of the molecule is COc1cc(C(CC(=O)O)NC(=O)CNC(=O)c2cccc(N=C(N)N)c2)cc2c1OCO2. The number of rotatable bonds is 9. The van der Waals surface area contributed by atoms with Gasteiger partial charge in [-0.2, -0.15) is 0 Å². The summed E-state index contributed by atoms with van der Waals surface area (Å²) in [5, 5.41) is 14.4. The maximum Gasteiger partial charge on any atom is 0.305 e. The molecule has 1 aliphatic rings. The summed E-state index contributed by atoms with van der Waals surface area (Å²) in [6, 6.07) is 8.43. The summed E-state index contributed by atoms with van der Waals surface area (Å²) in [7, 11) is 1.43. The highest BCUT2D eigenvalue weighted by Crippen LogP contribution is 2.43. The second-order valence-corrected chi connectivity index (χ2v) is 6.94. The average molecular weight is 457 g/mol. The number of carbonyl (C=O) groups is 3. The van der Waals surface area contributed by atoms with Gasteiger partial charge >= 0.3 is 5.97 Å². The number of nitrogens with one attached hydrogen (secondary N) is 2. The molecular formula is C21H23N5O7. The largest absolute Gasteiger partial charge is 0.493 e. The lowest BCUT2D eigenvalue weighted by Crippen LogP contribution is -2.39. The highest BCUT2D eigenvalue weighted by Gasteiger charge is 2.25. The van der Waals surface area contributed by atoms with Crippen LogP contribution in [0.3, 0.4) is 0 Å². The molecule has 1 unspecified atom stereocenters. The molecule has 1 heterocycles. The van der Waals surface area contributed by atoms with Crippen LogP contribution in [-0.4, -0.2) is 49.3 Å². The molecule has 0 spiro atoms. The molecule has 0 bridgehead atoms. The molecule has 0 aliphatic carbocycles. The molecule has 2 aromatic carbocycles. The molecule has 0 radical (unpaired) electrons. The number of fused-ring (bicyclic) bond motifs is 1. The Bertz CT molecular complexity index is 1100. The molecule has 2 amide bonds. The van der Waals surface area contributed by atoms with Gasteiger partial charge < -0.3 is 41.4 Å². The van der Waals surface area contributed by atoms with Gasteiger partial charge in [0.1, 0.15) is 0 Å². The van der Waals surface area contributed by atoms with E-state index in [0.717, 1.165) is 0 Å². The van der Waals surface area contributed by atoms with E-state index in [1.165, 1.54) is 19.2 Å². The van der Waals surface area contributed by atoms with Crippen LogP contribution in [0.25, 0.3) is 0 Å². The van der Waals surface area contributed by atoms with E-state index in [1.54, 1.807) is 24.3 Å². The van der Waals surface area contributed by atoms with Gasteiger partial charge in [-0.1, -0.05) is 6.07 Å². The molecular weight excluding hydrogens is 434 g/mol. The zero-order valence-electron chi connectivity index (χ0n) is 17.7. The summed E-state index contributed by atoms with van der Waals surface area (Å²) in [6.07, 6.45) is -0.400. The topological polar surface area (TPSA) is 188 Å². The predicted molar refractivity (Wildman–Crippen MR) is 116 cm³/mol. The summed E-state index contributed by atoms with van der Waals surface area (Å²) in [5.74, 6) is -1.28. The van der Waals surface area contributed by atoms with Crippen molar-refractivity contribution >= 4 is 29.4 Å². The van der Waals surface area contributed by atoms with Gasteiger partial charge in [0.15, 0.2) is 17.5 Å².